The minimum absolute atomic E-state index is 0.167. The van der Waals surface area contributed by atoms with Gasteiger partial charge in [0.25, 0.3) is 5.22 Å². The Kier molecular flexibility index (Phi) is 3.42. The van der Waals surface area contributed by atoms with Crippen LogP contribution in [0.5, 0.6) is 0 Å². The monoisotopic (exact) mass is 293 g/mol. The van der Waals surface area contributed by atoms with Crippen LogP contribution >= 0.6 is 11.8 Å². The zero-order valence-corrected chi connectivity index (χ0v) is 11.0. The number of hydrogen-bond donors (Lipinski definition) is 1. The van der Waals surface area contributed by atoms with Crippen molar-refractivity contribution in [2.24, 2.45) is 0 Å². The predicted molar refractivity (Wildman–Crippen MR) is 70.4 cm³/mol. The van der Waals surface area contributed by atoms with Crippen molar-refractivity contribution in [3.8, 4) is 0 Å². The van der Waals surface area contributed by atoms with E-state index in [2.05, 4.69) is 4.98 Å². The summed E-state index contributed by atoms with van der Waals surface area (Å²) in [5.41, 5.74) is 1.37. The van der Waals surface area contributed by atoms with Crippen LogP contribution in [0.15, 0.2) is 50.9 Å². The van der Waals surface area contributed by atoms with Crippen LogP contribution in [0, 0.1) is 11.6 Å². The summed E-state index contributed by atoms with van der Waals surface area (Å²) in [6.45, 7) is -0.415. The second-order valence-corrected chi connectivity index (χ2v) is 5.06. The summed E-state index contributed by atoms with van der Waals surface area (Å²) in [6.07, 6.45) is 0. The lowest BCUT2D eigenvalue weighted by Gasteiger charge is -2.04. The number of nitrogens with zero attached hydrogens (tertiary/aromatic N) is 1. The molecule has 0 saturated heterocycles. The second kappa shape index (κ2) is 5.22. The number of fused-ring (bicyclic) bond motifs is 1. The summed E-state index contributed by atoms with van der Waals surface area (Å²) in [4.78, 5) is 3.95. The van der Waals surface area contributed by atoms with Gasteiger partial charge in [0.15, 0.2) is 5.58 Å². The maximum absolute atomic E-state index is 13.8. The standard InChI is InChI=1S/C14H9F2NO2S/c15-9-5-8(7-18)6-10(16)13(9)20-14-17-11-3-1-2-4-12(11)19-14/h1-6,18H,7H2. The van der Waals surface area contributed by atoms with Gasteiger partial charge < -0.3 is 9.52 Å². The van der Waals surface area contributed by atoms with Gasteiger partial charge in [-0.1, -0.05) is 12.1 Å². The molecule has 0 atom stereocenters. The number of benzene rings is 2. The molecule has 1 aromatic heterocycles. The molecule has 0 aliphatic heterocycles. The van der Waals surface area contributed by atoms with Crippen LogP contribution in [0.1, 0.15) is 5.56 Å². The molecule has 3 rings (SSSR count). The number of para-hydroxylation sites is 2. The van der Waals surface area contributed by atoms with Crippen molar-refractivity contribution < 1.29 is 18.3 Å². The molecule has 0 spiro atoms. The van der Waals surface area contributed by atoms with Gasteiger partial charge in [0.05, 0.1) is 11.5 Å². The van der Waals surface area contributed by atoms with Gasteiger partial charge in [-0.15, -0.1) is 0 Å². The Bertz CT molecular complexity index is 717. The third-order valence-electron chi connectivity index (χ3n) is 2.70. The normalized spacial score (nSPS) is 11.2. The zero-order chi connectivity index (χ0) is 14.1. The van der Waals surface area contributed by atoms with Gasteiger partial charge in [-0.2, -0.15) is 0 Å². The van der Waals surface area contributed by atoms with Crippen molar-refractivity contribution in [3.63, 3.8) is 0 Å². The molecule has 1 heterocycles. The molecule has 0 bridgehead atoms. The fourth-order valence-corrected chi connectivity index (χ4v) is 2.55. The fourth-order valence-electron chi connectivity index (χ4n) is 1.78. The molecular formula is C14H9F2NO2S. The highest BCUT2D eigenvalue weighted by Gasteiger charge is 2.16. The first-order chi connectivity index (χ1) is 9.67. The Labute approximate surface area is 117 Å². The Morgan fingerprint density at radius 2 is 1.85 bits per heavy atom. The van der Waals surface area contributed by atoms with Gasteiger partial charge in [-0.05, 0) is 41.6 Å². The average molecular weight is 293 g/mol. The van der Waals surface area contributed by atoms with Crippen molar-refractivity contribution in [2.75, 3.05) is 0 Å². The number of hydrogen-bond acceptors (Lipinski definition) is 4. The van der Waals surface area contributed by atoms with E-state index in [4.69, 9.17) is 9.52 Å². The van der Waals surface area contributed by atoms with Gasteiger partial charge in [0, 0.05) is 0 Å². The van der Waals surface area contributed by atoms with Gasteiger partial charge in [0.2, 0.25) is 0 Å². The highest BCUT2D eigenvalue weighted by Crippen LogP contribution is 2.33. The van der Waals surface area contributed by atoms with E-state index in [0.717, 1.165) is 23.9 Å². The molecule has 0 fully saturated rings. The quantitative estimate of drug-likeness (QED) is 0.799. The molecule has 0 radical (unpaired) electrons. The first-order valence-electron chi connectivity index (χ1n) is 5.79. The number of rotatable bonds is 3. The highest BCUT2D eigenvalue weighted by atomic mass is 32.2. The molecule has 20 heavy (non-hydrogen) atoms. The summed E-state index contributed by atoms with van der Waals surface area (Å²) in [5, 5.41) is 9.06. The Hall–Kier alpha value is -1.92. The van der Waals surface area contributed by atoms with Crippen LogP contribution in [-0.4, -0.2) is 10.1 Å². The SMILES string of the molecule is OCc1cc(F)c(Sc2nc3ccccc3o2)c(F)c1. The Morgan fingerprint density at radius 1 is 1.15 bits per heavy atom. The predicted octanol–water partition coefficient (Wildman–Crippen LogP) is 3.75. The fraction of sp³-hybridized carbons (Fsp3) is 0.0714. The Balaban J connectivity index is 1.98. The summed E-state index contributed by atoms with van der Waals surface area (Å²) < 4.78 is 33.0. The molecule has 0 aliphatic rings. The topological polar surface area (TPSA) is 46.3 Å². The maximum atomic E-state index is 13.8. The summed E-state index contributed by atoms with van der Waals surface area (Å²) in [6, 6.07) is 9.26. The molecule has 1 N–H and O–H groups in total. The largest absolute Gasteiger partial charge is 0.431 e. The first kappa shape index (κ1) is 13.1. The van der Waals surface area contributed by atoms with Crippen LogP contribution in [0.4, 0.5) is 8.78 Å². The minimum Gasteiger partial charge on any atom is -0.431 e. The molecule has 102 valence electrons. The molecule has 3 nitrogen and oxygen atoms in total. The zero-order valence-electron chi connectivity index (χ0n) is 10.1. The van der Waals surface area contributed by atoms with E-state index in [-0.39, 0.29) is 15.7 Å². The van der Waals surface area contributed by atoms with Gasteiger partial charge >= 0.3 is 0 Å². The number of aliphatic hydroxyl groups is 1. The van der Waals surface area contributed by atoms with Crippen LogP contribution in [0.3, 0.4) is 0 Å². The van der Waals surface area contributed by atoms with E-state index in [1.54, 1.807) is 24.3 Å². The van der Waals surface area contributed by atoms with Gasteiger partial charge in [-0.3, -0.25) is 0 Å². The molecule has 0 amide bonds. The molecule has 0 aliphatic carbocycles. The average Bonchev–Trinajstić information content (AvgIpc) is 2.85. The second-order valence-electron chi connectivity index (χ2n) is 4.10. The first-order valence-corrected chi connectivity index (χ1v) is 6.61. The third-order valence-corrected chi connectivity index (χ3v) is 3.65. The van der Waals surface area contributed by atoms with E-state index in [1.165, 1.54) is 0 Å². The minimum atomic E-state index is -0.749. The van der Waals surface area contributed by atoms with Crippen LogP contribution in [0.25, 0.3) is 11.1 Å². The lowest BCUT2D eigenvalue weighted by Crippen LogP contribution is -1.93. The lowest BCUT2D eigenvalue weighted by molar-refractivity contribution is 0.280. The molecule has 0 saturated carbocycles. The maximum Gasteiger partial charge on any atom is 0.261 e. The van der Waals surface area contributed by atoms with Gasteiger partial charge in [-0.25, -0.2) is 13.8 Å². The van der Waals surface area contributed by atoms with Crippen molar-refractivity contribution >= 4 is 22.9 Å². The molecule has 3 aromatic rings. The molecular weight excluding hydrogens is 284 g/mol. The molecule has 0 unspecified atom stereocenters. The summed E-state index contributed by atoms with van der Waals surface area (Å²) in [5.74, 6) is -1.50. The molecule has 6 heteroatoms. The highest BCUT2D eigenvalue weighted by molar-refractivity contribution is 7.99. The van der Waals surface area contributed by atoms with E-state index in [9.17, 15) is 8.78 Å². The van der Waals surface area contributed by atoms with E-state index < -0.39 is 18.2 Å². The number of aromatic nitrogens is 1. The van der Waals surface area contributed by atoms with Crippen LogP contribution in [-0.2, 0) is 6.61 Å². The number of oxazole rings is 1. The summed E-state index contributed by atoms with van der Waals surface area (Å²) >= 11 is 0.776. The van der Waals surface area contributed by atoms with E-state index in [1.807, 2.05) is 0 Å². The Morgan fingerprint density at radius 3 is 2.50 bits per heavy atom. The van der Waals surface area contributed by atoms with Crippen molar-refractivity contribution in [1.29, 1.82) is 0 Å². The van der Waals surface area contributed by atoms with Crippen LogP contribution < -0.4 is 0 Å². The van der Waals surface area contributed by atoms with Crippen LogP contribution in [0.2, 0.25) is 0 Å². The van der Waals surface area contributed by atoms with E-state index >= 15 is 0 Å². The lowest BCUT2D eigenvalue weighted by atomic mass is 10.2. The number of aliphatic hydroxyl groups excluding tert-OH is 1. The summed E-state index contributed by atoms with van der Waals surface area (Å²) in [7, 11) is 0. The van der Waals surface area contributed by atoms with Gasteiger partial charge in [0.1, 0.15) is 17.2 Å². The third kappa shape index (κ3) is 2.39. The van der Waals surface area contributed by atoms with Crippen molar-refractivity contribution in [3.05, 3.63) is 53.6 Å². The number of halogens is 2. The van der Waals surface area contributed by atoms with E-state index in [0.29, 0.717) is 11.1 Å². The molecule has 2 aromatic carbocycles. The van der Waals surface area contributed by atoms with Crippen molar-refractivity contribution in [1.82, 2.24) is 4.98 Å². The van der Waals surface area contributed by atoms with Crippen molar-refractivity contribution in [2.45, 2.75) is 16.7 Å². The smallest absolute Gasteiger partial charge is 0.261 e.